The highest BCUT2D eigenvalue weighted by Crippen LogP contribution is 2.10. The van der Waals surface area contributed by atoms with E-state index in [-0.39, 0.29) is 11.0 Å². The normalized spacial score (nSPS) is 10.3. The quantitative estimate of drug-likeness (QED) is 0.645. The Morgan fingerprint density at radius 3 is 2.72 bits per heavy atom. The molecule has 1 rings (SSSR count). The van der Waals surface area contributed by atoms with Crippen molar-refractivity contribution in [1.82, 2.24) is 10.6 Å². The van der Waals surface area contributed by atoms with Crippen LogP contribution >= 0.6 is 23.8 Å². The number of rotatable bonds is 2. The number of hydrogen-bond acceptors (Lipinski definition) is 2. The molecule has 94 valence electrons. The smallest absolute Gasteiger partial charge is 0.257 e. The summed E-state index contributed by atoms with van der Waals surface area (Å²) in [6, 6.07) is 6.59. The van der Waals surface area contributed by atoms with Crippen LogP contribution in [0.1, 0.15) is 24.2 Å². The van der Waals surface area contributed by atoms with Crippen LogP contribution in [0.2, 0.25) is 5.02 Å². The molecule has 0 fully saturated rings. The molecule has 1 aromatic carbocycles. The first-order valence-electron chi connectivity index (χ1n) is 5.21. The summed E-state index contributed by atoms with van der Waals surface area (Å²) >= 11 is 10.8. The molecule has 0 unspecified atom stereocenters. The molecular weight excluding hydrogens is 268 g/mol. The highest BCUT2D eigenvalue weighted by molar-refractivity contribution is 7.80. The van der Waals surface area contributed by atoms with Crippen LogP contribution in [0.15, 0.2) is 24.3 Å². The van der Waals surface area contributed by atoms with Gasteiger partial charge in [-0.15, -0.1) is 6.42 Å². The van der Waals surface area contributed by atoms with E-state index >= 15 is 0 Å². The van der Waals surface area contributed by atoms with E-state index in [9.17, 15) is 4.79 Å². The van der Waals surface area contributed by atoms with Crippen molar-refractivity contribution in [3.8, 4) is 12.3 Å². The molecule has 0 aliphatic heterocycles. The SMILES string of the molecule is C#CC(C)(C)NC(=S)NC(=O)c1cccc(Cl)c1. The van der Waals surface area contributed by atoms with Gasteiger partial charge in [0.25, 0.3) is 5.91 Å². The zero-order chi connectivity index (χ0) is 13.8. The third kappa shape index (κ3) is 4.36. The molecule has 1 amide bonds. The van der Waals surface area contributed by atoms with Gasteiger partial charge in [-0.3, -0.25) is 10.1 Å². The average Bonchev–Trinajstić information content (AvgIpc) is 2.28. The molecule has 2 N–H and O–H groups in total. The van der Waals surface area contributed by atoms with Crippen molar-refractivity contribution in [2.24, 2.45) is 0 Å². The molecule has 1 aromatic rings. The number of amides is 1. The third-order valence-electron chi connectivity index (χ3n) is 2.10. The Hall–Kier alpha value is -1.57. The second-order valence-electron chi connectivity index (χ2n) is 4.19. The molecule has 5 heteroatoms. The lowest BCUT2D eigenvalue weighted by Gasteiger charge is -2.21. The number of hydrogen-bond donors (Lipinski definition) is 2. The molecule has 0 aliphatic carbocycles. The summed E-state index contributed by atoms with van der Waals surface area (Å²) in [5, 5.41) is 6.07. The third-order valence-corrected chi connectivity index (χ3v) is 2.54. The minimum absolute atomic E-state index is 0.183. The van der Waals surface area contributed by atoms with Crippen molar-refractivity contribution in [2.75, 3.05) is 0 Å². The molecule has 0 aliphatic rings. The summed E-state index contributed by atoms with van der Waals surface area (Å²) < 4.78 is 0. The highest BCUT2D eigenvalue weighted by Gasteiger charge is 2.16. The summed E-state index contributed by atoms with van der Waals surface area (Å²) in [6.07, 6.45) is 5.31. The number of nitrogens with one attached hydrogen (secondary N) is 2. The van der Waals surface area contributed by atoms with Crippen LogP contribution in [-0.4, -0.2) is 16.6 Å². The number of benzene rings is 1. The fourth-order valence-electron chi connectivity index (χ4n) is 1.16. The Balaban J connectivity index is 2.67. The van der Waals surface area contributed by atoms with Crippen LogP contribution in [-0.2, 0) is 0 Å². The van der Waals surface area contributed by atoms with Gasteiger partial charge in [-0.2, -0.15) is 0 Å². The predicted molar refractivity (Wildman–Crippen MR) is 77.6 cm³/mol. The van der Waals surface area contributed by atoms with Crippen LogP contribution in [0.4, 0.5) is 0 Å². The first kappa shape index (κ1) is 14.5. The van der Waals surface area contributed by atoms with E-state index in [1.165, 1.54) is 0 Å². The highest BCUT2D eigenvalue weighted by atomic mass is 35.5. The van der Waals surface area contributed by atoms with Gasteiger partial charge in [0.2, 0.25) is 0 Å². The molecular formula is C13H13ClN2OS. The standard InChI is InChI=1S/C13H13ClN2OS/c1-4-13(2,3)16-12(18)15-11(17)9-6-5-7-10(14)8-9/h1,5-8H,2-3H3,(H2,15,16,17,18). The fraction of sp³-hybridized carbons (Fsp3) is 0.231. The molecule has 0 radical (unpaired) electrons. The van der Waals surface area contributed by atoms with Crippen LogP contribution in [0.25, 0.3) is 0 Å². The fourth-order valence-corrected chi connectivity index (χ4v) is 1.69. The number of carbonyl (C=O) groups is 1. The summed E-state index contributed by atoms with van der Waals surface area (Å²) in [5.74, 6) is 2.19. The van der Waals surface area contributed by atoms with Gasteiger partial charge < -0.3 is 5.32 Å². The molecule has 0 saturated carbocycles. The van der Waals surface area contributed by atoms with E-state index in [0.29, 0.717) is 10.6 Å². The molecule has 0 aromatic heterocycles. The van der Waals surface area contributed by atoms with Crippen molar-refractivity contribution in [3.63, 3.8) is 0 Å². The van der Waals surface area contributed by atoms with Gasteiger partial charge in [-0.05, 0) is 44.3 Å². The van der Waals surface area contributed by atoms with Gasteiger partial charge >= 0.3 is 0 Å². The zero-order valence-electron chi connectivity index (χ0n) is 10.1. The summed E-state index contributed by atoms with van der Waals surface area (Å²) in [6.45, 7) is 3.57. The second-order valence-corrected chi connectivity index (χ2v) is 5.03. The molecule has 0 spiro atoms. The molecule has 0 heterocycles. The van der Waals surface area contributed by atoms with E-state index in [2.05, 4.69) is 16.6 Å². The van der Waals surface area contributed by atoms with Gasteiger partial charge in [-0.1, -0.05) is 23.6 Å². The zero-order valence-corrected chi connectivity index (χ0v) is 11.7. The molecule has 0 saturated heterocycles. The van der Waals surface area contributed by atoms with Gasteiger partial charge in [-0.25, -0.2) is 0 Å². The Morgan fingerprint density at radius 1 is 1.50 bits per heavy atom. The number of thiocarbonyl (C=S) groups is 1. The van der Waals surface area contributed by atoms with Crippen LogP contribution in [0.3, 0.4) is 0 Å². The van der Waals surface area contributed by atoms with Crippen molar-refractivity contribution < 1.29 is 4.79 Å². The van der Waals surface area contributed by atoms with Crippen LogP contribution in [0.5, 0.6) is 0 Å². The number of terminal acetylenes is 1. The first-order valence-corrected chi connectivity index (χ1v) is 5.99. The largest absolute Gasteiger partial charge is 0.347 e. The van der Waals surface area contributed by atoms with Crippen molar-refractivity contribution in [3.05, 3.63) is 34.9 Å². The minimum atomic E-state index is -0.612. The van der Waals surface area contributed by atoms with E-state index in [1.807, 2.05) is 0 Å². The molecule has 18 heavy (non-hydrogen) atoms. The average molecular weight is 281 g/mol. The van der Waals surface area contributed by atoms with Gasteiger partial charge in [0.15, 0.2) is 5.11 Å². The Kier molecular flexibility index (Phi) is 4.71. The van der Waals surface area contributed by atoms with E-state index in [1.54, 1.807) is 38.1 Å². The topological polar surface area (TPSA) is 41.1 Å². The maximum Gasteiger partial charge on any atom is 0.257 e. The molecule has 0 atom stereocenters. The van der Waals surface area contributed by atoms with Crippen molar-refractivity contribution in [1.29, 1.82) is 0 Å². The Bertz CT molecular complexity index is 520. The summed E-state index contributed by atoms with van der Waals surface area (Å²) in [4.78, 5) is 11.8. The second kappa shape index (κ2) is 5.85. The maximum absolute atomic E-state index is 11.8. The van der Waals surface area contributed by atoms with E-state index < -0.39 is 5.54 Å². The lowest BCUT2D eigenvalue weighted by molar-refractivity contribution is 0.0976. The monoisotopic (exact) mass is 280 g/mol. The molecule has 0 bridgehead atoms. The van der Waals surface area contributed by atoms with E-state index in [4.69, 9.17) is 30.2 Å². The Labute approximate surface area is 117 Å². The van der Waals surface area contributed by atoms with Gasteiger partial charge in [0.1, 0.15) is 0 Å². The van der Waals surface area contributed by atoms with Crippen molar-refractivity contribution in [2.45, 2.75) is 19.4 Å². The van der Waals surface area contributed by atoms with Gasteiger partial charge in [0.05, 0.1) is 5.54 Å². The first-order chi connectivity index (χ1) is 8.34. The number of carbonyl (C=O) groups excluding carboxylic acids is 1. The van der Waals surface area contributed by atoms with Crippen LogP contribution in [0, 0.1) is 12.3 Å². The lowest BCUT2D eigenvalue weighted by Crippen LogP contribution is -2.48. The van der Waals surface area contributed by atoms with Crippen molar-refractivity contribution >= 4 is 34.8 Å². The van der Waals surface area contributed by atoms with E-state index in [0.717, 1.165) is 0 Å². The Morgan fingerprint density at radius 2 is 2.17 bits per heavy atom. The minimum Gasteiger partial charge on any atom is -0.347 e. The lowest BCUT2D eigenvalue weighted by atomic mass is 10.1. The maximum atomic E-state index is 11.8. The summed E-state index contributed by atoms with van der Waals surface area (Å²) in [7, 11) is 0. The number of halogens is 1. The summed E-state index contributed by atoms with van der Waals surface area (Å²) in [5.41, 5.74) is -0.177. The predicted octanol–water partition coefficient (Wildman–Crippen LogP) is 2.36. The van der Waals surface area contributed by atoms with Crippen LogP contribution < -0.4 is 10.6 Å². The van der Waals surface area contributed by atoms with Gasteiger partial charge in [0, 0.05) is 10.6 Å². The molecule has 3 nitrogen and oxygen atoms in total.